The summed E-state index contributed by atoms with van der Waals surface area (Å²) in [4.78, 5) is 23.6. The third-order valence-corrected chi connectivity index (χ3v) is 4.58. The molecule has 0 aromatic carbocycles. The summed E-state index contributed by atoms with van der Waals surface area (Å²) in [5.74, 6) is 1.51. The normalized spacial score (nSPS) is 15.0. The lowest BCUT2D eigenvalue weighted by molar-refractivity contribution is 0.351. The van der Waals surface area contributed by atoms with E-state index in [-0.39, 0.29) is 11.1 Å². The Bertz CT molecular complexity index is 815. The molecule has 2 aromatic heterocycles. The van der Waals surface area contributed by atoms with Crippen molar-refractivity contribution in [3.05, 3.63) is 45.8 Å². The van der Waals surface area contributed by atoms with Gasteiger partial charge in [0.25, 0.3) is 5.56 Å². The molecule has 0 radical (unpaired) electrons. The van der Waals surface area contributed by atoms with Gasteiger partial charge in [-0.2, -0.15) is 5.26 Å². The van der Waals surface area contributed by atoms with Crippen LogP contribution in [-0.4, -0.2) is 15.0 Å². The van der Waals surface area contributed by atoms with Crippen LogP contribution >= 0.6 is 0 Å². The van der Waals surface area contributed by atoms with Crippen LogP contribution in [0.4, 0.5) is 11.5 Å². The number of rotatable bonds is 4. The van der Waals surface area contributed by atoms with Crippen molar-refractivity contribution in [2.75, 3.05) is 5.32 Å². The number of anilines is 2. The average Bonchev–Trinajstić information content (AvgIpc) is 2.58. The number of nitrogens with zero attached hydrogens (tertiary/aromatic N) is 3. The zero-order valence-electron chi connectivity index (χ0n) is 13.8. The number of H-pyrrole nitrogens is 1. The highest BCUT2D eigenvalue weighted by Crippen LogP contribution is 2.26. The Kier molecular flexibility index (Phi) is 4.90. The fourth-order valence-corrected chi connectivity index (χ4v) is 3.20. The van der Waals surface area contributed by atoms with E-state index in [2.05, 4.69) is 20.3 Å². The number of aryl methyl sites for hydroxylation is 1. The van der Waals surface area contributed by atoms with Crippen LogP contribution in [-0.2, 0) is 6.42 Å². The molecule has 6 heteroatoms. The van der Waals surface area contributed by atoms with Crippen LogP contribution in [0.1, 0.15) is 49.1 Å². The Labute approximate surface area is 141 Å². The van der Waals surface area contributed by atoms with Crippen LogP contribution < -0.4 is 10.9 Å². The van der Waals surface area contributed by atoms with E-state index in [1.54, 1.807) is 12.4 Å². The van der Waals surface area contributed by atoms with Gasteiger partial charge in [-0.3, -0.25) is 9.78 Å². The number of hydrogen-bond acceptors (Lipinski definition) is 5. The minimum absolute atomic E-state index is 0.00523. The van der Waals surface area contributed by atoms with Gasteiger partial charge in [0.05, 0.1) is 11.9 Å². The first-order valence-corrected chi connectivity index (χ1v) is 8.38. The van der Waals surface area contributed by atoms with Gasteiger partial charge in [0, 0.05) is 12.6 Å². The van der Waals surface area contributed by atoms with Crippen molar-refractivity contribution < 1.29 is 0 Å². The molecule has 2 N–H and O–H groups in total. The van der Waals surface area contributed by atoms with Gasteiger partial charge in [0.2, 0.25) is 0 Å². The molecule has 6 nitrogen and oxygen atoms in total. The highest BCUT2D eigenvalue weighted by atomic mass is 16.1. The number of hydrogen-bond donors (Lipinski definition) is 2. The maximum atomic E-state index is 12.2. The number of aromatic nitrogens is 3. The molecule has 2 heterocycles. The van der Waals surface area contributed by atoms with Crippen molar-refractivity contribution in [3.8, 4) is 6.07 Å². The molecule has 0 aliphatic heterocycles. The monoisotopic (exact) mass is 323 g/mol. The van der Waals surface area contributed by atoms with Crippen LogP contribution in [0, 0.1) is 24.2 Å². The molecule has 0 unspecified atom stereocenters. The van der Waals surface area contributed by atoms with E-state index in [1.807, 2.05) is 19.1 Å². The molecule has 24 heavy (non-hydrogen) atoms. The molecule has 0 spiro atoms. The van der Waals surface area contributed by atoms with Crippen LogP contribution in [0.3, 0.4) is 0 Å². The van der Waals surface area contributed by atoms with Crippen molar-refractivity contribution in [1.82, 2.24) is 15.0 Å². The summed E-state index contributed by atoms with van der Waals surface area (Å²) in [7, 11) is 0. The predicted molar refractivity (Wildman–Crippen MR) is 92.1 cm³/mol. The maximum absolute atomic E-state index is 12.2. The number of aromatic amines is 1. The Morgan fingerprint density at radius 2 is 2.17 bits per heavy atom. The molecule has 1 aliphatic carbocycles. The second kappa shape index (κ2) is 7.26. The third-order valence-electron chi connectivity index (χ3n) is 4.58. The van der Waals surface area contributed by atoms with Crippen molar-refractivity contribution >= 4 is 11.5 Å². The zero-order chi connectivity index (χ0) is 16.9. The quantitative estimate of drug-likeness (QED) is 0.901. The molecule has 1 fully saturated rings. The van der Waals surface area contributed by atoms with Gasteiger partial charge >= 0.3 is 0 Å². The summed E-state index contributed by atoms with van der Waals surface area (Å²) in [6.07, 6.45) is 10.2. The fraction of sp³-hybridized carbons (Fsp3) is 0.444. The number of nitriles is 1. The van der Waals surface area contributed by atoms with E-state index >= 15 is 0 Å². The van der Waals surface area contributed by atoms with Crippen LogP contribution in [0.25, 0.3) is 0 Å². The molecule has 0 saturated heterocycles. The Hall–Kier alpha value is -2.68. The van der Waals surface area contributed by atoms with Crippen LogP contribution in [0.2, 0.25) is 0 Å². The van der Waals surface area contributed by atoms with E-state index in [4.69, 9.17) is 0 Å². The van der Waals surface area contributed by atoms with Crippen molar-refractivity contribution in [2.45, 2.75) is 45.4 Å². The van der Waals surface area contributed by atoms with Gasteiger partial charge in [-0.15, -0.1) is 0 Å². The van der Waals surface area contributed by atoms with Crippen LogP contribution in [0.5, 0.6) is 0 Å². The minimum Gasteiger partial charge on any atom is -0.337 e. The van der Waals surface area contributed by atoms with Gasteiger partial charge in [-0.05, 0) is 24.5 Å². The molecule has 2 aromatic rings. The third kappa shape index (κ3) is 3.62. The number of nitrogens with one attached hydrogen (secondary N) is 2. The van der Waals surface area contributed by atoms with E-state index in [0.29, 0.717) is 17.6 Å². The van der Waals surface area contributed by atoms with Crippen molar-refractivity contribution in [1.29, 1.82) is 5.26 Å². The van der Waals surface area contributed by atoms with Gasteiger partial charge in [0.1, 0.15) is 11.9 Å². The molecule has 0 atom stereocenters. The second-order valence-corrected chi connectivity index (χ2v) is 6.37. The topological polar surface area (TPSA) is 94.5 Å². The maximum Gasteiger partial charge on any atom is 0.271 e. The smallest absolute Gasteiger partial charge is 0.271 e. The highest BCUT2D eigenvalue weighted by molar-refractivity contribution is 5.63. The molecule has 0 amide bonds. The first kappa shape index (κ1) is 16.2. The molecule has 1 saturated carbocycles. The molecule has 3 rings (SSSR count). The van der Waals surface area contributed by atoms with Crippen molar-refractivity contribution in [2.24, 2.45) is 5.92 Å². The summed E-state index contributed by atoms with van der Waals surface area (Å²) >= 11 is 0. The Morgan fingerprint density at radius 3 is 2.88 bits per heavy atom. The standard InChI is InChI=1S/C18H21N5O/c1-12-7-8-20-11-15(12)21-17-14(10-19)18(24)23-16(22-17)9-13-5-3-2-4-6-13/h7-8,11,13H,2-6,9H2,1H3,(H2,21,22,23,24). The first-order valence-electron chi connectivity index (χ1n) is 8.38. The first-order chi connectivity index (χ1) is 11.7. The number of pyridine rings is 1. The summed E-state index contributed by atoms with van der Waals surface area (Å²) in [5.41, 5.74) is 1.34. The molecule has 1 aliphatic rings. The van der Waals surface area contributed by atoms with Gasteiger partial charge in [0.15, 0.2) is 11.4 Å². The average molecular weight is 323 g/mol. The Morgan fingerprint density at radius 1 is 1.38 bits per heavy atom. The lowest BCUT2D eigenvalue weighted by atomic mass is 9.87. The highest BCUT2D eigenvalue weighted by Gasteiger charge is 2.18. The summed E-state index contributed by atoms with van der Waals surface area (Å²) < 4.78 is 0. The van der Waals surface area contributed by atoms with E-state index < -0.39 is 0 Å². The SMILES string of the molecule is Cc1ccncc1Nc1nc(CC2CCCCC2)[nH]c(=O)c1C#N. The lowest BCUT2D eigenvalue weighted by Gasteiger charge is -2.21. The molecule has 124 valence electrons. The van der Waals surface area contributed by atoms with E-state index in [9.17, 15) is 10.1 Å². The summed E-state index contributed by atoms with van der Waals surface area (Å²) in [6, 6.07) is 3.81. The Balaban J connectivity index is 1.90. The molecular weight excluding hydrogens is 302 g/mol. The lowest BCUT2D eigenvalue weighted by Crippen LogP contribution is -2.20. The van der Waals surface area contributed by atoms with Gasteiger partial charge in [-0.1, -0.05) is 32.1 Å². The minimum atomic E-state index is -0.387. The van der Waals surface area contributed by atoms with E-state index in [0.717, 1.165) is 17.7 Å². The molecular formula is C18H21N5O. The van der Waals surface area contributed by atoms with Crippen molar-refractivity contribution in [3.63, 3.8) is 0 Å². The van der Waals surface area contributed by atoms with Gasteiger partial charge < -0.3 is 10.3 Å². The van der Waals surface area contributed by atoms with Crippen LogP contribution in [0.15, 0.2) is 23.3 Å². The second-order valence-electron chi connectivity index (χ2n) is 6.37. The van der Waals surface area contributed by atoms with E-state index in [1.165, 1.54) is 32.1 Å². The summed E-state index contributed by atoms with van der Waals surface area (Å²) in [6.45, 7) is 1.94. The van der Waals surface area contributed by atoms with Gasteiger partial charge in [-0.25, -0.2) is 4.98 Å². The zero-order valence-corrected chi connectivity index (χ0v) is 13.8. The summed E-state index contributed by atoms with van der Waals surface area (Å²) in [5, 5.41) is 12.4. The fourth-order valence-electron chi connectivity index (χ4n) is 3.20. The largest absolute Gasteiger partial charge is 0.337 e. The predicted octanol–water partition coefficient (Wildman–Crippen LogP) is 3.21. The molecule has 0 bridgehead atoms.